The fourth-order valence-electron chi connectivity index (χ4n) is 1.54. The van der Waals surface area contributed by atoms with Crippen molar-refractivity contribution in [1.82, 2.24) is 0 Å². The van der Waals surface area contributed by atoms with E-state index in [0.29, 0.717) is 0 Å². The van der Waals surface area contributed by atoms with Crippen molar-refractivity contribution < 1.29 is 19.1 Å². The van der Waals surface area contributed by atoms with Crippen molar-refractivity contribution >= 4 is 35.1 Å². The summed E-state index contributed by atoms with van der Waals surface area (Å²) in [7, 11) is 0. The van der Waals surface area contributed by atoms with Gasteiger partial charge in [0.2, 0.25) is 0 Å². The molecule has 0 saturated carbocycles. The Morgan fingerprint density at radius 3 is 2.11 bits per heavy atom. The number of esters is 2. The van der Waals surface area contributed by atoms with Gasteiger partial charge < -0.3 is 9.47 Å². The summed E-state index contributed by atoms with van der Waals surface area (Å²) in [6, 6.07) is 4.72. The molecule has 104 valence electrons. The molecule has 0 aliphatic rings. The molecule has 0 radical (unpaired) electrons. The maximum Gasteiger partial charge on any atom is 0.324 e. The van der Waals surface area contributed by atoms with E-state index in [4.69, 9.17) is 32.7 Å². The van der Waals surface area contributed by atoms with Gasteiger partial charge in [-0.05, 0) is 25.5 Å². The van der Waals surface area contributed by atoms with Gasteiger partial charge in [-0.3, -0.25) is 9.59 Å². The van der Waals surface area contributed by atoms with E-state index in [0.717, 1.165) is 0 Å². The lowest BCUT2D eigenvalue weighted by Gasteiger charge is -2.16. The van der Waals surface area contributed by atoms with Crippen LogP contribution in [-0.2, 0) is 19.1 Å². The summed E-state index contributed by atoms with van der Waals surface area (Å²) in [4.78, 5) is 23.8. The number of rotatable bonds is 5. The monoisotopic (exact) mass is 304 g/mol. The van der Waals surface area contributed by atoms with Crippen LogP contribution in [0.1, 0.15) is 25.3 Å². The number of benzene rings is 1. The molecule has 0 unspecified atom stereocenters. The van der Waals surface area contributed by atoms with Crippen LogP contribution in [0.5, 0.6) is 0 Å². The first kappa shape index (κ1) is 15.8. The van der Waals surface area contributed by atoms with Crippen molar-refractivity contribution in [2.75, 3.05) is 13.2 Å². The quantitative estimate of drug-likeness (QED) is 0.619. The molecule has 0 fully saturated rings. The predicted molar refractivity (Wildman–Crippen MR) is 72.5 cm³/mol. The molecular formula is C13H14Cl2O4. The minimum Gasteiger partial charge on any atom is -0.465 e. The standard InChI is InChI=1S/C13H14Cl2O4/c1-3-18-12(16)10(13(17)19-4-2)8-6-5-7-9(14)11(8)15/h5-7,10H,3-4H2,1-2H3. The van der Waals surface area contributed by atoms with Crippen molar-refractivity contribution in [2.24, 2.45) is 0 Å². The van der Waals surface area contributed by atoms with Crippen LogP contribution in [0.2, 0.25) is 10.0 Å². The molecule has 19 heavy (non-hydrogen) atoms. The molecule has 0 amide bonds. The van der Waals surface area contributed by atoms with E-state index in [1.54, 1.807) is 32.0 Å². The third-order valence-corrected chi connectivity index (χ3v) is 3.17. The summed E-state index contributed by atoms with van der Waals surface area (Å²) >= 11 is 11.9. The molecular weight excluding hydrogens is 291 g/mol. The Morgan fingerprint density at radius 1 is 1.11 bits per heavy atom. The maximum atomic E-state index is 11.9. The SMILES string of the molecule is CCOC(=O)C(C(=O)OCC)c1cccc(Cl)c1Cl. The Morgan fingerprint density at radius 2 is 1.63 bits per heavy atom. The van der Waals surface area contributed by atoms with Gasteiger partial charge in [0.1, 0.15) is 0 Å². The van der Waals surface area contributed by atoms with Crippen LogP contribution in [-0.4, -0.2) is 25.2 Å². The Bertz CT molecular complexity index is 456. The summed E-state index contributed by atoms with van der Waals surface area (Å²) < 4.78 is 9.76. The second kappa shape index (κ2) is 7.36. The van der Waals surface area contributed by atoms with Gasteiger partial charge in [0.05, 0.1) is 23.3 Å². The van der Waals surface area contributed by atoms with Crippen LogP contribution >= 0.6 is 23.2 Å². The average molecular weight is 305 g/mol. The second-order valence-corrected chi connectivity index (χ2v) is 4.37. The molecule has 0 heterocycles. The van der Waals surface area contributed by atoms with Crippen molar-refractivity contribution in [1.29, 1.82) is 0 Å². The molecule has 0 spiro atoms. The molecule has 0 bridgehead atoms. The number of carbonyl (C=O) groups is 2. The lowest BCUT2D eigenvalue weighted by Crippen LogP contribution is -2.26. The van der Waals surface area contributed by atoms with E-state index in [-0.39, 0.29) is 28.8 Å². The summed E-state index contributed by atoms with van der Waals surface area (Å²) in [6.45, 7) is 3.62. The average Bonchev–Trinajstić information content (AvgIpc) is 2.35. The number of hydrogen-bond donors (Lipinski definition) is 0. The van der Waals surface area contributed by atoms with E-state index < -0.39 is 17.9 Å². The van der Waals surface area contributed by atoms with Crippen LogP contribution in [0, 0.1) is 0 Å². The highest BCUT2D eigenvalue weighted by Gasteiger charge is 2.33. The lowest BCUT2D eigenvalue weighted by atomic mass is 9.99. The van der Waals surface area contributed by atoms with Crippen LogP contribution in [0.4, 0.5) is 0 Å². The van der Waals surface area contributed by atoms with Gasteiger partial charge in [0.15, 0.2) is 5.92 Å². The largest absolute Gasteiger partial charge is 0.465 e. The molecule has 0 saturated heterocycles. The van der Waals surface area contributed by atoms with E-state index in [2.05, 4.69) is 0 Å². The fourth-order valence-corrected chi connectivity index (χ4v) is 1.96. The number of ether oxygens (including phenoxy) is 2. The van der Waals surface area contributed by atoms with Gasteiger partial charge in [0, 0.05) is 0 Å². The number of halogens is 2. The summed E-state index contributed by atoms with van der Waals surface area (Å²) in [6.07, 6.45) is 0. The summed E-state index contributed by atoms with van der Waals surface area (Å²) in [5.41, 5.74) is 0.283. The smallest absolute Gasteiger partial charge is 0.324 e. The second-order valence-electron chi connectivity index (χ2n) is 3.58. The van der Waals surface area contributed by atoms with Gasteiger partial charge in [-0.1, -0.05) is 35.3 Å². The predicted octanol–water partition coefficient (Wildman–Crippen LogP) is 3.20. The number of hydrogen-bond acceptors (Lipinski definition) is 4. The maximum absolute atomic E-state index is 11.9. The van der Waals surface area contributed by atoms with E-state index in [9.17, 15) is 9.59 Å². The minimum atomic E-state index is -1.22. The highest BCUT2D eigenvalue weighted by molar-refractivity contribution is 6.42. The van der Waals surface area contributed by atoms with Crippen LogP contribution in [0.25, 0.3) is 0 Å². The van der Waals surface area contributed by atoms with Crippen molar-refractivity contribution in [3.63, 3.8) is 0 Å². The van der Waals surface area contributed by atoms with Gasteiger partial charge >= 0.3 is 11.9 Å². The molecule has 6 heteroatoms. The molecule has 0 aliphatic heterocycles. The first-order chi connectivity index (χ1) is 9.02. The molecule has 1 rings (SSSR count). The Hall–Kier alpha value is -1.26. The highest BCUT2D eigenvalue weighted by Crippen LogP contribution is 2.32. The molecule has 0 aromatic heterocycles. The zero-order valence-electron chi connectivity index (χ0n) is 10.6. The Balaban J connectivity index is 3.19. The summed E-state index contributed by atoms with van der Waals surface area (Å²) in [5.74, 6) is -2.62. The number of carbonyl (C=O) groups excluding carboxylic acids is 2. The fraction of sp³-hybridized carbons (Fsp3) is 0.385. The van der Waals surface area contributed by atoms with Crippen LogP contribution < -0.4 is 0 Å². The zero-order chi connectivity index (χ0) is 14.4. The summed E-state index contributed by atoms with van der Waals surface area (Å²) in [5, 5.41) is 0.410. The normalized spacial score (nSPS) is 10.4. The molecule has 0 N–H and O–H groups in total. The van der Waals surface area contributed by atoms with E-state index in [1.165, 1.54) is 0 Å². The topological polar surface area (TPSA) is 52.6 Å². The van der Waals surface area contributed by atoms with Crippen LogP contribution in [0.15, 0.2) is 18.2 Å². The van der Waals surface area contributed by atoms with Crippen molar-refractivity contribution in [2.45, 2.75) is 19.8 Å². The Kier molecular flexibility index (Phi) is 6.12. The molecule has 1 aromatic carbocycles. The minimum absolute atomic E-state index is 0.148. The van der Waals surface area contributed by atoms with Gasteiger partial charge in [0.25, 0.3) is 0 Å². The molecule has 0 aliphatic carbocycles. The first-order valence-corrected chi connectivity index (χ1v) is 6.55. The Labute approximate surface area is 121 Å². The van der Waals surface area contributed by atoms with Crippen LogP contribution in [0.3, 0.4) is 0 Å². The highest BCUT2D eigenvalue weighted by atomic mass is 35.5. The molecule has 0 atom stereocenters. The van der Waals surface area contributed by atoms with Gasteiger partial charge in [-0.2, -0.15) is 0 Å². The lowest BCUT2D eigenvalue weighted by molar-refractivity contribution is -0.156. The third-order valence-electron chi connectivity index (χ3n) is 2.34. The van der Waals surface area contributed by atoms with Gasteiger partial charge in [-0.25, -0.2) is 0 Å². The van der Waals surface area contributed by atoms with E-state index in [1.807, 2.05) is 0 Å². The zero-order valence-corrected chi connectivity index (χ0v) is 12.1. The van der Waals surface area contributed by atoms with Crippen molar-refractivity contribution in [3.05, 3.63) is 33.8 Å². The first-order valence-electron chi connectivity index (χ1n) is 5.80. The van der Waals surface area contributed by atoms with E-state index >= 15 is 0 Å². The molecule has 1 aromatic rings. The van der Waals surface area contributed by atoms with Crippen molar-refractivity contribution in [3.8, 4) is 0 Å². The third kappa shape index (κ3) is 3.85. The van der Waals surface area contributed by atoms with Gasteiger partial charge in [-0.15, -0.1) is 0 Å². The molecule has 4 nitrogen and oxygen atoms in total.